The average molecular weight is 598 g/mol. The van der Waals surface area contributed by atoms with Gasteiger partial charge in [0.2, 0.25) is 0 Å². The van der Waals surface area contributed by atoms with Crippen LogP contribution in [0.4, 0.5) is 13.2 Å². The Hall–Kier alpha value is -3.74. The highest BCUT2D eigenvalue weighted by Gasteiger charge is 2.41. The summed E-state index contributed by atoms with van der Waals surface area (Å²) in [6, 6.07) is 13.1. The summed E-state index contributed by atoms with van der Waals surface area (Å²) < 4.78 is 67.9. The number of hydrogen-bond acceptors (Lipinski definition) is 6. The number of carbonyl (C=O) groups excluding carboxylic acids is 1. The first-order valence-corrected chi connectivity index (χ1v) is 15.4. The third-order valence-electron chi connectivity index (χ3n) is 8.01. The third kappa shape index (κ3) is 5.53. The number of sulfone groups is 1. The minimum absolute atomic E-state index is 0.0365. The average Bonchev–Trinajstić information content (AvgIpc) is 3.35. The molecule has 42 heavy (non-hydrogen) atoms. The van der Waals surface area contributed by atoms with Crippen LogP contribution in [0.2, 0.25) is 0 Å². The van der Waals surface area contributed by atoms with Crippen LogP contribution in [0.25, 0.3) is 10.9 Å². The van der Waals surface area contributed by atoms with Crippen molar-refractivity contribution in [2.24, 2.45) is 0 Å². The highest BCUT2D eigenvalue weighted by atomic mass is 32.2. The number of benzene rings is 2. The zero-order valence-corrected chi connectivity index (χ0v) is 23.4. The number of fused-ring (bicyclic) bond motifs is 3. The maximum absolute atomic E-state index is 14.2. The van der Waals surface area contributed by atoms with E-state index in [2.05, 4.69) is 20.6 Å². The highest BCUT2D eigenvalue weighted by molar-refractivity contribution is 7.91. The lowest BCUT2D eigenvalue weighted by molar-refractivity contribution is -0.137. The van der Waals surface area contributed by atoms with Crippen LogP contribution in [0.5, 0.6) is 0 Å². The number of aromatic amines is 1. The number of piperidine rings is 1. The second-order valence-electron chi connectivity index (χ2n) is 10.8. The monoisotopic (exact) mass is 597 g/mol. The Morgan fingerprint density at radius 1 is 1.07 bits per heavy atom. The molecule has 2 aliphatic heterocycles. The number of hydrogen-bond donors (Lipinski definition) is 3. The Kier molecular flexibility index (Phi) is 7.54. The second-order valence-corrected chi connectivity index (χ2v) is 12.8. The Morgan fingerprint density at radius 2 is 1.83 bits per heavy atom. The molecule has 4 heterocycles. The molecule has 12 heteroatoms. The fourth-order valence-corrected chi connectivity index (χ4v) is 7.76. The lowest BCUT2D eigenvalue weighted by Gasteiger charge is -2.35. The van der Waals surface area contributed by atoms with E-state index >= 15 is 0 Å². The Bertz CT molecular complexity index is 1700. The number of nitrogens with one attached hydrogen (secondary N) is 3. The SMILES string of the molecule is O=C(NC1CCNCC1)c1ccc2[nH]c3c(c2c1)C(S(=O)(=O)c1cccnc1)N(Cc1ccc(C(F)(F)F)cc1)CC3. The Balaban J connectivity index is 1.41. The minimum atomic E-state index is -4.47. The van der Waals surface area contributed by atoms with Crippen molar-refractivity contribution in [3.63, 3.8) is 0 Å². The van der Waals surface area contributed by atoms with Crippen LogP contribution < -0.4 is 10.6 Å². The van der Waals surface area contributed by atoms with Gasteiger partial charge in [-0.25, -0.2) is 8.42 Å². The van der Waals surface area contributed by atoms with E-state index in [1.807, 2.05) is 0 Å². The van der Waals surface area contributed by atoms with Crippen LogP contribution in [0.1, 0.15) is 51.0 Å². The molecule has 1 saturated heterocycles. The van der Waals surface area contributed by atoms with Gasteiger partial charge in [0.15, 0.2) is 9.84 Å². The zero-order valence-electron chi connectivity index (χ0n) is 22.6. The number of carbonyl (C=O) groups is 1. The van der Waals surface area contributed by atoms with Crippen molar-refractivity contribution in [3.8, 4) is 0 Å². The second kappa shape index (κ2) is 11.2. The van der Waals surface area contributed by atoms with Crippen LogP contribution in [0.3, 0.4) is 0 Å². The summed E-state index contributed by atoms with van der Waals surface area (Å²) in [6.45, 7) is 2.13. The number of rotatable bonds is 6. The number of nitrogens with zero attached hydrogens (tertiary/aromatic N) is 2. The zero-order chi connectivity index (χ0) is 29.5. The molecule has 1 amide bonds. The number of H-pyrrole nitrogens is 1. The molecule has 2 aromatic carbocycles. The van der Waals surface area contributed by atoms with Gasteiger partial charge in [-0.05, 0) is 74.0 Å². The molecule has 3 N–H and O–H groups in total. The molecule has 0 aliphatic carbocycles. The molecule has 6 rings (SSSR count). The molecule has 1 unspecified atom stereocenters. The van der Waals surface area contributed by atoms with Gasteiger partial charge in [-0.15, -0.1) is 0 Å². The minimum Gasteiger partial charge on any atom is -0.358 e. The van der Waals surface area contributed by atoms with E-state index in [4.69, 9.17) is 0 Å². The van der Waals surface area contributed by atoms with Gasteiger partial charge in [0, 0.05) is 65.7 Å². The van der Waals surface area contributed by atoms with Crippen LogP contribution >= 0.6 is 0 Å². The summed E-state index contributed by atoms with van der Waals surface area (Å²) in [6.07, 6.45) is 0.486. The smallest absolute Gasteiger partial charge is 0.358 e. The summed E-state index contributed by atoms with van der Waals surface area (Å²) in [5.41, 5.74) is 2.23. The predicted molar refractivity (Wildman–Crippen MR) is 151 cm³/mol. The van der Waals surface area contributed by atoms with Crippen molar-refractivity contribution in [1.29, 1.82) is 0 Å². The summed E-state index contributed by atoms with van der Waals surface area (Å²) in [5.74, 6) is -0.220. The van der Waals surface area contributed by atoms with E-state index in [1.54, 1.807) is 29.2 Å². The van der Waals surface area contributed by atoms with E-state index in [0.717, 1.165) is 43.8 Å². The third-order valence-corrected chi connectivity index (χ3v) is 10.0. The molecule has 2 aromatic heterocycles. The lowest BCUT2D eigenvalue weighted by atomic mass is 10.0. The van der Waals surface area contributed by atoms with Gasteiger partial charge in [-0.3, -0.25) is 14.7 Å². The predicted octanol–water partition coefficient (Wildman–Crippen LogP) is 4.59. The van der Waals surface area contributed by atoms with Gasteiger partial charge in [0.05, 0.1) is 10.5 Å². The summed E-state index contributed by atoms with van der Waals surface area (Å²) in [5, 5.41) is 5.84. The largest absolute Gasteiger partial charge is 0.416 e. The molecule has 0 radical (unpaired) electrons. The van der Waals surface area contributed by atoms with Crippen molar-refractivity contribution in [1.82, 2.24) is 25.5 Å². The van der Waals surface area contributed by atoms with Gasteiger partial charge in [-0.2, -0.15) is 13.2 Å². The Morgan fingerprint density at radius 3 is 2.52 bits per heavy atom. The normalized spacial score (nSPS) is 18.6. The fourth-order valence-electron chi connectivity index (χ4n) is 5.87. The Labute approximate surface area is 241 Å². The van der Waals surface area contributed by atoms with Gasteiger partial charge >= 0.3 is 6.18 Å². The quantitative estimate of drug-likeness (QED) is 0.300. The van der Waals surface area contributed by atoms with Crippen molar-refractivity contribution >= 4 is 26.6 Å². The number of amides is 1. The number of pyridine rings is 1. The summed E-state index contributed by atoms with van der Waals surface area (Å²) in [4.78, 5) is 22.4. The van der Waals surface area contributed by atoms with Crippen LogP contribution in [0, 0.1) is 0 Å². The van der Waals surface area contributed by atoms with Gasteiger partial charge in [0.1, 0.15) is 5.37 Å². The first-order valence-electron chi connectivity index (χ1n) is 13.8. The molecule has 4 aromatic rings. The van der Waals surface area contributed by atoms with Gasteiger partial charge in [0.25, 0.3) is 5.91 Å². The fraction of sp³-hybridized carbons (Fsp3) is 0.333. The van der Waals surface area contributed by atoms with E-state index in [0.29, 0.717) is 40.6 Å². The van der Waals surface area contributed by atoms with Crippen molar-refractivity contribution < 1.29 is 26.4 Å². The van der Waals surface area contributed by atoms with E-state index in [-0.39, 0.29) is 23.4 Å². The van der Waals surface area contributed by atoms with Crippen molar-refractivity contribution in [2.45, 2.75) is 48.3 Å². The van der Waals surface area contributed by atoms with Crippen molar-refractivity contribution in [2.75, 3.05) is 19.6 Å². The van der Waals surface area contributed by atoms with Crippen LogP contribution in [-0.2, 0) is 29.0 Å². The molecule has 2 aliphatic rings. The van der Waals surface area contributed by atoms with Crippen LogP contribution in [-0.4, -0.2) is 54.9 Å². The summed E-state index contributed by atoms with van der Waals surface area (Å²) >= 11 is 0. The number of halogens is 3. The standard InChI is InChI=1S/C30H30F3N5O3S/c31-30(32,33)21-6-3-19(4-7-21)18-38-15-11-26-27(29(38)42(40,41)23-2-1-12-35-17-23)24-16-20(5-8-25(24)37-26)28(39)36-22-9-13-34-14-10-22/h1-8,12,16-17,22,29,34,37H,9-11,13-15,18H2,(H,36,39). The molecule has 0 saturated carbocycles. The number of alkyl halides is 3. The van der Waals surface area contributed by atoms with Gasteiger partial charge in [-0.1, -0.05) is 12.1 Å². The van der Waals surface area contributed by atoms with Crippen molar-refractivity contribution in [3.05, 3.63) is 94.9 Å². The van der Waals surface area contributed by atoms with Crippen LogP contribution in [0.15, 0.2) is 71.9 Å². The molecule has 220 valence electrons. The van der Waals surface area contributed by atoms with E-state index in [9.17, 15) is 26.4 Å². The van der Waals surface area contributed by atoms with E-state index in [1.165, 1.54) is 30.6 Å². The number of aromatic nitrogens is 2. The topological polar surface area (TPSA) is 107 Å². The molecular weight excluding hydrogens is 567 g/mol. The van der Waals surface area contributed by atoms with Gasteiger partial charge < -0.3 is 15.6 Å². The lowest BCUT2D eigenvalue weighted by Crippen LogP contribution is -2.42. The maximum atomic E-state index is 14.2. The highest BCUT2D eigenvalue weighted by Crippen LogP contribution is 2.42. The van der Waals surface area contributed by atoms with E-state index < -0.39 is 27.0 Å². The molecule has 0 bridgehead atoms. The molecule has 8 nitrogen and oxygen atoms in total. The molecule has 1 fully saturated rings. The first-order chi connectivity index (χ1) is 20.1. The summed E-state index contributed by atoms with van der Waals surface area (Å²) in [7, 11) is -4.04. The maximum Gasteiger partial charge on any atom is 0.416 e. The molecule has 0 spiro atoms. The molecular formula is C30H30F3N5O3S. The first kappa shape index (κ1) is 28.4. The molecule has 1 atom stereocenters.